The monoisotopic (exact) mass is 681 g/mol. The van der Waals surface area contributed by atoms with Gasteiger partial charge in [-0.15, -0.1) is 11.8 Å². The first-order chi connectivity index (χ1) is 23.2. The molecule has 2 atom stereocenters. The maximum Gasteiger partial charge on any atom is 0.330 e. The molecule has 0 radical (unpaired) electrons. The Balaban J connectivity index is 2.22. The number of ether oxygens (including phenoxy) is 1. The van der Waals surface area contributed by atoms with E-state index in [0.717, 1.165) is 67.3 Å². The Morgan fingerprint density at radius 2 is 1.40 bits per heavy atom. The lowest BCUT2D eigenvalue weighted by molar-refractivity contribution is -0.138. The van der Waals surface area contributed by atoms with Crippen LogP contribution in [0.25, 0.3) is 0 Å². The van der Waals surface area contributed by atoms with Gasteiger partial charge in [-0.05, 0) is 51.9 Å². The number of Topliss-reactive ketones (excluding diaryl/α,β-unsaturated/α-hetero) is 1. The van der Waals surface area contributed by atoms with Gasteiger partial charge in [-0.25, -0.2) is 4.79 Å². The van der Waals surface area contributed by atoms with Crippen LogP contribution in [0.5, 0.6) is 0 Å². The highest BCUT2D eigenvalue weighted by Crippen LogP contribution is 2.25. The number of ketones is 1. The Labute approximate surface area is 289 Å². The second kappa shape index (κ2) is 26.8. The number of amides is 4. The number of esters is 1. The Morgan fingerprint density at radius 3 is 1.92 bits per heavy atom. The van der Waals surface area contributed by atoms with E-state index in [9.17, 15) is 28.8 Å². The maximum absolute atomic E-state index is 12.8. The summed E-state index contributed by atoms with van der Waals surface area (Å²) in [4.78, 5) is 73.6. The van der Waals surface area contributed by atoms with Gasteiger partial charge in [0.1, 0.15) is 0 Å². The summed E-state index contributed by atoms with van der Waals surface area (Å²) in [6, 6.07) is -0.901. The quantitative estimate of drug-likeness (QED) is 0.0610. The molecule has 0 aromatic heterocycles. The highest BCUT2D eigenvalue weighted by Gasteiger charge is 2.39. The van der Waals surface area contributed by atoms with E-state index in [1.54, 1.807) is 0 Å². The summed E-state index contributed by atoms with van der Waals surface area (Å²) >= 11 is 1.10. The number of carbonyl (C=O) groups excluding carboxylic acids is 6. The Hall–Kier alpha value is -4.25. The van der Waals surface area contributed by atoms with Gasteiger partial charge < -0.3 is 15.4 Å². The summed E-state index contributed by atoms with van der Waals surface area (Å²) in [5.41, 5.74) is 0. The van der Waals surface area contributed by atoms with Crippen LogP contribution < -0.4 is 10.6 Å². The van der Waals surface area contributed by atoms with Gasteiger partial charge in [0.25, 0.3) is 0 Å². The van der Waals surface area contributed by atoms with Crippen LogP contribution in [0.2, 0.25) is 0 Å². The molecular weight excluding hydrogens is 630 g/mol. The highest BCUT2D eigenvalue weighted by atomic mass is 32.2. The lowest BCUT2D eigenvalue weighted by Crippen LogP contribution is -2.42. The normalized spacial score (nSPS) is 16.2. The minimum atomic E-state index is -0.901. The van der Waals surface area contributed by atoms with Gasteiger partial charge in [0.2, 0.25) is 23.6 Å². The fourth-order valence-corrected chi connectivity index (χ4v) is 5.45. The first-order valence-corrected chi connectivity index (χ1v) is 17.4. The third-order valence-electron chi connectivity index (χ3n) is 6.84. The van der Waals surface area contributed by atoms with Gasteiger partial charge in [-0.2, -0.15) is 0 Å². The molecule has 262 valence electrons. The number of thioether (sulfide) groups is 1. The van der Waals surface area contributed by atoms with Crippen molar-refractivity contribution in [2.75, 3.05) is 26.0 Å². The summed E-state index contributed by atoms with van der Waals surface area (Å²) < 4.78 is 4.42. The number of nitrogens with zero attached hydrogens (tertiary/aromatic N) is 1. The number of rotatable bonds is 24. The van der Waals surface area contributed by atoms with Crippen LogP contribution >= 0.6 is 11.8 Å². The van der Waals surface area contributed by atoms with Crippen molar-refractivity contribution in [3.63, 3.8) is 0 Å². The molecular formula is C37H51N3O7S. The molecule has 0 aromatic rings. The van der Waals surface area contributed by atoms with Gasteiger partial charge in [-0.3, -0.25) is 28.9 Å². The molecule has 1 rings (SSSR count). The lowest BCUT2D eigenvalue weighted by atomic mass is 10.2. The first kappa shape index (κ1) is 41.8. The van der Waals surface area contributed by atoms with Crippen LogP contribution in [0.4, 0.5) is 0 Å². The molecule has 0 aliphatic carbocycles. The van der Waals surface area contributed by atoms with E-state index in [4.69, 9.17) is 0 Å². The van der Waals surface area contributed by atoms with Crippen LogP contribution in [-0.4, -0.2) is 77.5 Å². The molecule has 10 nitrogen and oxygen atoms in total. The average molecular weight is 682 g/mol. The van der Waals surface area contributed by atoms with Crippen molar-refractivity contribution >= 4 is 47.1 Å². The van der Waals surface area contributed by atoms with Gasteiger partial charge in [0.15, 0.2) is 5.78 Å². The minimum Gasteiger partial charge on any atom is -0.466 e. The summed E-state index contributed by atoms with van der Waals surface area (Å²) in [6.45, 7) is 3.64. The zero-order valence-corrected chi connectivity index (χ0v) is 29.3. The average Bonchev–Trinajstić information content (AvgIpc) is 3.33. The predicted octanol–water partition coefficient (Wildman–Crippen LogP) is 5.24. The lowest BCUT2D eigenvalue weighted by Gasteiger charge is -2.17. The van der Waals surface area contributed by atoms with Crippen molar-refractivity contribution < 1.29 is 33.5 Å². The van der Waals surface area contributed by atoms with Crippen molar-refractivity contribution in [1.82, 2.24) is 15.5 Å². The second-order valence-corrected chi connectivity index (χ2v) is 12.0. The fraction of sp³-hybridized carbons (Fsp3) is 0.459. The van der Waals surface area contributed by atoms with Crippen molar-refractivity contribution in [2.24, 2.45) is 0 Å². The number of imide groups is 1. The number of carbonyl (C=O) groups is 6. The fourth-order valence-electron chi connectivity index (χ4n) is 4.17. The third kappa shape index (κ3) is 20.1. The topological polar surface area (TPSA) is 139 Å². The Kier molecular flexibility index (Phi) is 23.3. The zero-order valence-electron chi connectivity index (χ0n) is 28.4. The molecule has 4 amide bonds. The number of hydrogen-bond acceptors (Lipinski definition) is 8. The van der Waals surface area contributed by atoms with E-state index in [2.05, 4.69) is 83.1 Å². The summed E-state index contributed by atoms with van der Waals surface area (Å²) in [6.07, 6.45) is 33.9. The molecule has 48 heavy (non-hydrogen) atoms. The molecule has 1 aliphatic rings. The van der Waals surface area contributed by atoms with Crippen molar-refractivity contribution in [3.05, 3.63) is 85.1 Å². The second-order valence-electron chi connectivity index (χ2n) is 10.7. The third-order valence-corrected chi connectivity index (χ3v) is 8.13. The van der Waals surface area contributed by atoms with E-state index < -0.39 is 29.1 Å². The number of nitrogens with one attached hydrogen (secondary N) is 2. The van der Waals surface area contributed by atoms with E-state index >= 15 is 0 Å². The minimum absolute atomic E-state index is 0.0268. The van der Waals surface area contributed by atoms with Crippen LogP contribution in [0.15, 0.2) is 85.1 Å². The molecule has 0 bridgehead atoms. The Bertz CT molecular complexity index is 1260. The molecule has 0 spiro atoms. The molecule has 0 saturated carbocycles. The SMILES string of the molecule is CC/C=C\C/C=C\C/C=C\C/C=C\C/C=C\C/C=C\CCC(=O)NCCN1C(=O)CC(SC[C@H](NC(=O)/C=C/C(=O)OC)C(C)=O)C1=O. The van der Waals surface area contributed by atoms with Gasteiger partial charge in [-0.1, -0.05) is 79.8 Å². The number of likely N-dealkylation sites (tertiary alicyclic amines) is 1. The molecule has 1 heterocycles. The van der Waals surface area contributed by atoms with Crippen molar-refractivity contribution in [1.29, 1.82) is 0 Å². The smallest absolute Gasteiger partial charge is 0.330 e. The molecule has 0 aromatic carbocycles. The molecule has 1 saturated heterocycles. The predicted molar refractivity (Wildman–Crippen MR) is 192 cm³/mol. The van der Waals surface area contributed by atoms with Crippen LogP contribution in [0.1, 0.15) is 71.6 Å². The summed E-state index contributed by atoms with van der Waals surface area (Å²) in [5, 5.41) is 4.54. The number of hydrogen-bond donors (Lipinski definition) is 2. The molecule has 1 fully saturated rings. The van der Waals surface area contributed by atoms with Gasteiger partial charge >= 0.3 is 5.97 Å². The molecule has 11 heteroatoms. The summed E-state index contributed by atoms with van der Waals surface area (Å²) in [7, 11) is 1.17. The highest BCUT2D eigenvalue weighted by molar-refractivity contribution is 8.00. The van der Waals surface area contributed by atoms with Crippen molar-refractivity contribution in [2.45, 2.75) is 82.9 Å². The van der Waals surface area contributed by atoms with E-state index in [0.29, 0.717) is 12.8 Å². The molecule has 1 aliphatic heterocycles. The summed E-state index contributed by atoms with van der Waals surface area (Å²) in [5.74, 6) is -2.53. The first-order valence-electron chi connectivity index (χ1n) is 16.4. The number of methoxy groups -OCH3 is 1. The van der Waals surface area contributed by atoms with Gasteiger partial charge in [0, 0.05) is 43.8 Å². The molecule has 2 N–H and O–H groups in total. The Morgan fingerprint density at radius 1 is 0.854 bits per heavy atom. The van der Waals surface area contributed by atoms with E-state index in [1.165, 1.54) is 14.0 Å². The van der Waals surface area contributed by atoms with Gasteiger partial charge in [0.05, 0.1) is 18.4 Å². The van der Waals surface area contributed by atoms with Crippen LogP contribution in [0, 0.1) is 0 Å². The molecule has 1 unspecified atom stereocenters. The largest absolute Gasteiger partial charge is 0.466 e. The standard InChI is InChI=1S/C37H51N3O7S/c1-4-5-6-7-8-9-10-11-12-13-14-15-16-17-18-19-20-21-22-23-33(42)38-26-27-40-35(44)28-32(37(40)46)48-29-31(30(2)41)39-34(43)24-25-36(45)47-3/h5-6,8-9,11-12,14-15,17-18,20-21,24-25,31-32H,4,7,10,13,16,19,22-23,26-29H2,1-3H3,(H,38,42)(H,39,43)/b6-5-,9-8-,12-11-,15-14-,18-17-,21-20-,25-24+/t31-,32?/m0/s1. The van der Waals surface area contributed by atoms with E-state index in [1.807, 2.05) is 12.2 Å². The van der Waals surface area contributed by atoms with Crippen molar-refractivity contribution in [3.8, 4) is 0 Å². The maximum atomic E-state index is 12.8. The van der Waals surface area contributed by atoms with Crippen LogP contribution in [-0.2, 0) is 33.5 Å². The number of allylic oxidation sites excluding steroid dienone is 12. The van der Waals surface area contributed by atoms with E-state index in [-0.39, 0.29) is 42.9 Å². The zero-order chi connectivity index (χ0) is 35.4. The van der Waals surface area contributed by atoms with Crippen LogP contribution in [0.3, 0.4) is 0 Å².